The average molecular weight is 379 g/mol. The largest absolute Gasteiger partial charge is 0.420 e. The minimum Gasteiger partial charge on any atom is -0.408 e. The lowest BCUT2D eigenvalue weighted by atomic mass is 10.1. The van der Waals surface area contributed by atoms with E-state index in [1.54, 1.807) is 24.3 Å². The second-order valence-electron chi connectivity index (χ2n) is 5.37. The molecule has 0 saturated carbocycles. The summed E-state index contributed by atoms with van der Waals surface area (Å²) in [4.78, 5) is 35.7. The van der Waals surface area contributed by atoms with Gasteiger partial charge in [0.15, 0.2) is 11.4 Å². The van der Waals surface area contributed by atoms with Crippen molar-refractivity contribution >= 4 is 51.7 Å². The van der Waals surface area contributed by atoms with Gasteiger partial charge in [-0.1, -0.05) is 23.2 Å². The predicted octanol–water partition coefficient (Wildman–Crippen LogP) is 3.74. The molecule has 2 aromatic carbocycles. The number of carbonyl (C=O) groups is 2. The number of nitrogens with zero attached hydrogens (tertiary/aromatic N) is 1. The molecule has 0 radical (unpaired) electrons. The van der Waals surface area contributed by atoms with Gasteiger partial charge in [-0.15, -0.1) is 0 Å². The highest BCUT2D eigenvalue weighted by Gasteiger charge is 2.15. The van der Waals surface area contributed by atoms with Crippen LogP contribution in [0.4, 0.5) is 5.69 Å². The maximum atomic E-state index is 12.2. The monoisotopic (exact) mass is 378 g/mol. The van der Waals surface area contributed by atoms with Crippen LogP contribution in [-0.2, 0) is 11.3 Å². The van der Waals surface area contributed by atoms with Crippen LogP contribution in [0.15, 0.2) is 45.6 Å². The maximum absolute atomic E-state index is 12.2. The molecule has 0 unspecified atom stereocenters. The van der Waals surface area contributed by atoms with Crippen molar-refractivity contribution in [1.82, 2.24) is 4.57 Å². The summed E-state index contributed by atoms with van der Waals surface area (Å²) in [6.45, 7) is 1.15. The molecule has 0 aliphatic carbocycles. The first kappa shape index (κ1) is 17.3. The molecule has 0 bridgehead atoms. The molecule has 1 N–H and O–H groups in total. The minimum absolute atomic E-state index is 0.148. The zero-order chi connectivity index (χ0) is 18.1. The number of Topliss-reactive ketones (excluding diaryl/α,β-unsaturated/α-hetero) is 1. The molecule has 6 nitrogen and oxygen atoms in total. The molecule has 0 saturated heterocycles. The second kappa shape index (κ2) is 6.74. The van der Waals surface area contributed by atoms with E-state index >= 15 is 0 Å². The van der Waals surface area contributed by atoms with E-state index in [4.69, 9.17) is 27.6 Å². The fourth-order valence-electron chi connectivity index (χ4n) is 2.36. The number of fused-ring (bicyclic) bond motifs is 1. The molecule has 128 valence electrons. The molecular weight excluding hydrogens is 367 g/mol. The van der Waals surface area contributed by atoms with E-state index in [0.717, 1.165) is 0 Å². The third-order valence-corrected chi connectivity index (χ3v) is 4.14. The van der Waals surface area contributed by atoms with Crippen LogP contribution in [0.25, 0.3) is 11.1 Å². The van der Waals surface area contributed by atoms with Crippen LogP contribution in [-0.4, -0.2) is 16.3 Å². The number of benzene rings is 2. The Kier molecular flexibility index (Phi) is 4.65. The third kappa shape index (κ3) is 3.60. The molecular formula is C17H12Cl2N2O4. The number of amides is 1. The van der Waals surface area contributed by atoms with Crippen molar-refractivity contribution in [2.45, 2.75) is 13.5 Å². The third-order valence-electron chi connectivity index (χ3n) is 3.58. The number of rotatable bonds is 4. The van der Waals surface area contributed by atoms with Crippen LogP contribution in [0.2, 0.25) is 10.0 Å². The Hall–Kier alpha value is -2.57. The van der Waals surface area contributed by atoms with Crippen LogP contribution < -0.4 is 11.1 Å². The molecule has 1 heterocycles. The van der Waals surface area contributed by atoms with Crippen molar-refractivity contribution in [2.75, 3.05) is 5.32 Å². The number of oxazole rings is 1. The highest BCUT2D eigenvalue weighted by molar-refractivity contribution is 6.35. The minimum atomic E-state index is -0.692. The maximum Gasteiger partial charge on any atom is 0.420 e. The smallest absolute Gasteiger partial charge is 0.408 e. The van der Waals surface area contributed by atoms with Gasteiger partial charge in [-0.05, 0) is 43.3 Å². The highest BCUT2D eigenvalue weighted by Crippen LogP contribution is 2.25. The summed E-state index contributed by atoms with van der Waals surface area (Å²) >= 11 is 11.9. The summed E-state index contributed by atoms with van der Waals surface area (Å²) in [6, 6.07) is 9.28. The molecule has 1 amide bonds. The molecule has 0 atom stereocenters. The first-order valence-corrected chi connectivity index (χ1v) is 8.00. The Morgan fingerprint density at radius 1 is 1.16 bits per heavy atom. The van der Waals surface area contributed by atoms with Gasteiger partial charge in [0.1, 0.15) is 6.54 Å². The van der Waals surface area contributed by atoms with Gasteiger partial charge in [0.2, 0.25) is 5.91 Å². The van der Waals surface area contributed by atoms with Gasteiger partial charge in [-0.2, -0.15) is 0 Å². The Labute approximate surface area is 151 Å². The van der Waals surface area contributed by atoms with Gasteiger partial charge < -0.3 is 9.73 Å². The summed E-state index contributed by atoms with van der Waals surface area (Å²) in [7, 11) is 0. The first-order chi connectivity index (χ1) is 11.8. The van der Waals surface area contributed by atoms with Crippen LogP contribution in [0, 0.1) is 0 Å². The molecule has 25 heavy (non-hydrogen) atoms. The van der Waals surface area contributed by atoms with E-state index in [2.05, 4.69) is 5.32 Å². The normalized spacial score (nSPS) is 10.8. The Morgan fingerprint density at radius 2 is 1.92 bits per heavy atom. The van der Waals surface area contributed by atoms with Crippen LogP contribution in [0.5, 0.6) is 0 Å². The van der Waals surface area contributed by atoms with Crippen molar-refractivity contribution in [3.63, 3.8) is 0 Å². The number of hydrogen-bond acceptors (Lipinski definition) is 4. The predicted molar refractivity (Wildman–Crippen MR) is 95.6 cm³/mol. The lowest BCUT2D eigenvalue weighted by Gasteiger charge is -2.08. The van der Waals surface area contributed by atoms with Gasteiger partial charge in [0.05, 0.1) is 16.2 Å². The molecule has 3 rings (SSSR count). The summed E-state index contributed by atoms with van der Waals surface area (Å²) in [5.41, 5.74) is 1.43. The zero-order valence-electron chi connectivity index (χ0n) is 13.0. The Balaban J connectivity index is 1.88. The summed E-state index contributed by atoms with van der Waals surface area (Å²) in [6.07, 6.45) is 0. The average Bonchev–Trinajstić information content (AvgIpc) is 2.86. The number of hydrogen-bond donors (Lipinski definition) is 1. The topological polar surface area (TPSA) is 81.3 Å². The lowest BCUT2D eigenvalue weighted by molar-refractivity contribution is -0.116. The first-order valence-electron chi connectivity index (χ1n) is 7.24. The van der Waals surface area contributed by atoms with Crippen molar-refractivity contribution in [2.24, 2.45) is 0 Å². The van der Waals surface area contributed by atoms with Crippen LogP contribution in [0.1, 0.15) is 17.3 Å². The molecule has 0 aliphatic heterocycles. The highest BCUT2D eigenvalue weighted by atomic mass is 35.5. The molecule has 0 spiro atoms. The number of aromatic nitrogens is 1. The number of ketones is 1. The zero-order valence-corrected chi connectivity index (χ0v) is 14.5. The summed E-state index contributed by atoms with van der Waals surface area (Å²) in [5, 5.41) is 3.35. The summed E-state index contributed by atoms with van der Waals surface area (Å²) in [5.74, 6) is -1.31. The molecule has 3 aromatic rings. The van der Waals surface area contributed by atoms with E-state index in [0.29, 0.717) is 26.8 Å². The van der Waals surface area contributed by atoms with E-state index in [-0.39, 0.29) is 17.9 Å². The molecule has 0 fully saturated rings. The van der Waals surface area contributed by atoms with Crippen LogP contribution >= 0.6 is 23.2 Å². The van der Waals surface area contributed by atoms with Gasteiger partial charge in [0, 0.05) is 10.6 Å². The van der Waals surface area contributed by atoms with Gasteiger partial charge in [0.25, 0.3) is 0 Å². The van der Waals surface area contributed by atoms with Crippen molar-refractivity contribution < 1.29 is 14.0 Å². The quantitative estimate of drug-likeness (QED) is 0.701. The number of anilines is 1. The van der Waals surface area contributed by atoms with Crippen molar-refractivity contribution in [3.05, 3.63) is 62.6 Å². The standard InChI is InChI=1S/C17H12Cl2N2O4/c1-9(22)10-2-5-14-15(6-10)25-17(24)21(14)8-16(23)20-13-7-11(18)3-4-12(13)19/h2-7H,8H2,1H3,(H,20,23). The number of halogens is 2. The summed E-state index contributed by atoms with van der Waals surface area (Å²) < 4.78 is 6.29. The fourth-order valence-corrected chi connectivity index (χ4v) is 2.70. The van der Waals surface area contributed by atoms with E-state index in [9.17, 15) is 14.4 Å². The lowest BCUT2D eigenvalue weighted by Crippen LogP contribution is -2.24. The molecule has 0 aliphatic rings. The van der Waals surface area contributed by atoms with Crippen molar-refractivity contribution in [1.29, 1.82) is 0 Å². The van der Waals surface area contributed by atoms with E-state index in [1.165, 1.54) is 23.6 Å². The molecule has 1 aromatic heterocycles. The Morgan fingerprint density at radius 3 is 2.64 bits per heavy atom. The van der Waals surface area contributed by atoms with Gasteiger partial charge >= 0.3 is 5.76 Å². The SMILES string of the molecule is CC(=O)c1ccc2c(c1)oc(=O)n2CC(=O)Nc1cc(Cl)ccc1Cl. The number of nitrogens with one attached hydrogen (secondary N) is 1. The molecule has 8 heteroatoms. The van der Waals surface area contributed by atoms with Crippen LogP contribution in [0.3, 0.4) is 0 Å². The number of carbonyl (C=O) groups excluding carboxylic acids is 2. The van der Waals surface area contributed by atoms with E-state index < -0.39 is 11.7 Å². The van der Waals surface area contributed by atoms with Gasteiger partial charge in [-0.3, -0.25) is 14.2 Å². The van der Waals surface area contributed by atoms with Gasteiger partial charge in [-0.25, -0.2) is 4.79 Å². The van der Waals surface area contributed by atoms with Crippen molar-refractivity contribution in [3.8, 4) is 0 Å². The van der Waals surface area contributed by atoms with E-state index in [1.807, 2.05) is 0 Å². The Bertz CT molecular complexity index is 1050. The fraction of sp³-hybridized carbons (Fsp3) is 0.118. The second-order valence-corrected chi connectivity index (χ2v) is 6.21.